The summed E-state index contributed by atoms with van der Waals surface area (Å²) >= 11 is 6.07. The van der Waals surface area contributed by atoms with Crippen LogP contribution in [0.2, 0.25) is 5.02 Å². The van der Waals surface area contributed by atoms with Gasteiger partial charge in [-0.05, 0) is 50.2 Å². The van der Waals surface area contributed by atoms with E-state index in [9.17, 15) is 28.0 Å². The second kappa shape index (κ2) is 12.7. The monoisotopic (exact) mass is 599 g/mol. The van der Waals surface area contributed by atoms with Crippen LogP contribution in [-0.2, 0) is 11.3 Å². The van der Waals surface area contributed by atoms with Gasteiger partial charge in [-0.2, -0.15) is 0 Å². The molecule has 2 heterocycles. The van der Waals surface area contributed by atoms with Crippen LogP contribution in [0.1, 0.15) is 34.7 Å². The van der Waals surface area contributed by atoms with Gasteiger partial charge < -0.3 is 20.5 Å². The third-order valence-corrected chi connectivity index (χ3v) is 6.13. The Morgan fingerprint density at radius 1 is 1.07 bits per heavy atom. The lowest BCUT2D eigenvalue weighted by Crippen LogP contribution is -2.42. The zero-order valence-corrected chi connectivity index (χ0v) is 23.0. The van der Waals surface area contributed by atoms with Crippen molar-refractivity contribution in [2.45, 2.75) is 26.5 Å². The molecule has 0 bridgehead atoms. The summed E-state index contributed by atoms with van der Waals surface area (Å²) in [6.07, 6.45) is 2.16. The zero-order valence-electron chi connectivity index (χ0n) is 22.3. The number of nitrogens with two attached hydrogens (primary N) is 1. The van der Waals surface area contributed by atoms with Crippen molar-refractivity contribution >= 4 is 29.1 Å². The highest BCUT2D eigenvalue weighted by molar-refractivity contribution is 6.34. The summed E-state index contributed by atoms with van der Waals surface area (Å²) in [6, 6.07) is 9.31. The summed E-state index contributed by atoms with van der Waals surface area (Å²) in [7, 11) is 0. The van der Waals surface area contributed by atoms with Crippen LogP contribution < -0.4 is 27.0 Å². The number of primary amides is 1. The van der Waals surface area contributed by atoms with E-state index >= 15 is 0 Å². The second-order valence-electron chi connectivity index (χ2n) is 9.09. The summed E-state index contributed by atoms with van der Waals surface area (Å²) < 4.78 is 41.2. The molecule has 0 unspecified atom stereocenters. The standard InChI is InChI=1S/C28H24ClF2N5O6/c1-15(2)41-12-11-35-14-19(27(39)36(28(35)40)18-6-3-16(30)4-7-18)26(38)34-17-5-8-21(20(31)13-17)42-22-9-10-33-24(23(22)29)25(32)37/h3-10,13-15H,11-12H2,1-2H3,(H2,32,37)(H,34,38). The van der Waals surface area contributed by atoms with Crippen LogP contribution in [0, 0.1) is 11.6 Å². The van der Waals surface area contributed by atoms with Crippen LogP contribution in [0.15, 0.2) is 70.5 Å². The highest BCUT2D eigenvalue weighted by atomic mass is 35.5. The fourth-order valence-corrected chi connectivity index (χ4v) is 4.02. The van der Waals surface area contributed by atoms with E-state index < -0.39 is 40.3 Å². The molecule has 0 saturated carbocycles. The minimum atomic E-state index is -0.969. The van der Waals surface area contributed by atoms with E-state index in [1.54, 1.807) is 13.8 Å². The third kappa shape index (κ3) is 6.70. The molecule has 42 heavy (non-hydrogen) atoms. The zero-order chi connectivity index (χ0) is 30.6. The van der Waals surface area contributed by atoms with Crippen LogP contribution in [0.4, 0.5) is 14.5 Å². The molecule has 3 N–H and O–H groups in total. The number of nitrogens with zero attached hydrogens (tertiary/aromatic N) is 3. The fraction of sp³-hybridized carbons (Fsp3) is 0.179. The van der Waals surface area contributed by atoms with Gasteiger partial charge in [0.25, 0.3) is 17.4 Å². The van der Waals surface area contributed by atoms with Gasteiger partial charge >= 0.3 is 5.69 Å². The van der Waals surface area contributed by atoms with Crippen molar-refractivity contribution in [1.29, 1.82) is 0 Å². The molecular formula is C28H24ClF2N5O6. The van der Waals surface area contributed by atoms with Crippen molar-refractivity contribution in [2.75, 3.05) is 11.9 Å². The van der Waals surface area contributed by atoms with Crippen molar-refractivity contribution in [3.8, 4) is 17.2 Å². The molecule has 0 spiro atoms. The van der Waals surface area contributed by atoms with Crippen LogP contribution in [-0.4, -0.2) is 38.6 Å². The van der Waals surface area contributed by atoms with E-state index in [1.165, 1.54) is 36.5 Å². The van der Waals surface area contributed by atoms with E-state index in [-0.39, 0.29) is 52.8 Å². The molecule has 2 amide bonds. The second-order valence-corrected chi connectivity index (χ2v) is 9.47. The SMILES string of the molecule is CC(C)OCCn1cc(C(=O)Nc2ccc(Oc3ccnc(C(N)=O)c3Cl)c(F)c2)c(=O)n(-c2ccc(F)cc2)c1=O. The van der Waals surface area contributed by atoms with E-state index in [1.807, 2.05) is 0 Å². The highest BCUT2D eigenvalue weighted by Gasteiger charge is 2.20. The number of benzene rings is 2. The summed E-state index contributed by atoms with van der Waals surface area (Å²) in [5, 5.41) is 2.21. The number of carbonyl (C=O) groups is 2. The highest BCUT2D eigenvalue weighted by Crippen LogP contribution is 2.33. The maximum atomic E-state index is 14.9. The largest absolute Gasteiger partial charge is 0.453 e. The van der Waals surface area contributed by atoms with E-state index in [2.05, 4.69) is 10.3 Å². The topological polar surface area (TPSA) is 148 Å². The number of pyridine rings is 1. The first-order valence-corrected chi connectivity index (χ1v) is 12.8. The van der Waals surface area contributed by atoms with Crippen LogP contribution in [0.25, 0.3) is 5.69 Å². The van der Waals surface area contributed by atoms with E-state index in [4.69, 9.17) is 26.8 Å². The summed E-state index contributed by atoms with van der Waals surface area (Å²) in [5.41, 5.74) is 2.78. The molecule has 0 aliphatic rings. The molecule has 0 fully saturated rings. The Labute approximate surface area is 242 Å². The Morgan fingerprint density at radius 3 is 2.43 bits per heavy atom. The van der Waals surface area contributed by atoms with Crippen molar-refractivity contribution in [3.05, 3.63) is 110 Å². The van der Waals surface area contributed by atoms with Gasteiger partial charge in [-0.1, -0.05) is 11.6 Å². The van der Waals surface area contributed by atoms with Gasteiger partial charge in [0.1, 0.15) is 27.8 Å². The predicted molar refractivity (Wildman–Crippen MR) is 150 cm³/mol. The lowest BCUT2D eigenvalue weighted by Gasteiger charge is -2.15. The van der Waals surface area contributed by atoms with Crippen LogP contribution in [0.5, 0.6) is 11.5 Å². The van der Waals surface area contributed by atoms with Gasteiger partial charge in [-0.3, -0.25) is 19.0 Å². The lowest BCUT2D eigenvalue weighted by molar-refractivity contribution is 0.0717. The van der Waals surface area contributed by atoms with E-state index in [0.29, 0.717) is 0 Å². The first-order valence-electron chi connectivity index (χ1n) is 12.4. The number of carbonyl (C=O) groups excluding carboxylic acids is 2. The van der Waals surface area contributed by atoms with Crippen molar-refractivity contribution < 1.29 is 27.8 Å². The van der Waals surface area contributed by atoms with Gasteiger partial charge in [0.05, 0.1) is 24.9 Å². The third-order valence-electron chi connectivity index (χ3n) is 5.77. The van der Waals surface area contributed by atoms with Crippen LogP contribution in [0.3, 0.4) is 0 Å². The first-order chi connectivity index (χ1) is 20.0. The number of anilines is 1. The molecule has 0 aliphatic carbocycles. The number of hydrogen-bond acceptors (Lipinski definition) is 7. The van der Waals surface area contributed by atoms with Gasteiger partial charge in [-0.15, -0.1) is 0 Å². The van der Waals surface area contributed by atoms with Crippen molar-refractivity contribution in [2.24, 2.45) is 5.73 Å². The lowest BCUT2D eigenvalue weighted by atomic mass is 10.2. The Kier molecular flexibility index (Phi) is 9.13. The molecule has 0 aliphatic heterocycles. The van der Waals surface area contributed by atoms with Gasteiger partial charge in [0.2, 0.25) is 0 Å². The number of ether oxygens (including phenoxy) is 2. The maximum absolute atomic E-state index is 14.9. The maximum Gasteiger partial charge on any atom is 0.335 e. The minimum Gasteiger partial charge on any atom is -0.453 e. The normalized spacial score (nSPS) is 11.0. The Balaban J connectivity index is 1.65. The average Bonchev–Trinajstić information content (AvgIpc) is 2.93. The summed E-state index contributed by atoms with van der Waals surface area (Å²) in [4.78, 5) is 54.8. The fourth-order valence-electron chi connectivity index (χ4n) is 3.78. The number of halogens is 3. The Morgan fingerprint density at radius 2 is 1.79 bits per heavy atom. The van der Waals surface area contributed by atoms with Crippen molar-refractivity contribution in [3.63, 3.8) is 0 Å². The van der Waals surface area contributed by atoms with Gasteiger partial charge in [-0.25, -0.2) is 23.1 Å². The van der Waals surface area contributed by atoms with E-state index in [0.717, 1.165) is 33.5 Å². The number of hydrogen-bond donors (Lipinski definition) is 2. The molecule has 218 valence electrons. The first kappa shape index (κ1) is 30.1. The van der Waals surface area contributed by atoms with Crippen LogP contribution >= 0.6 is 11.6 Å². The molecule has 4 rings (SSSR count). The number of aromatic nitrogens is 3. The number of rotatable bonds is 10. The number of amides is 2. The quantitative estimate of drug-likeness (QED) is 0.281. The molecule has 0 radical (unpaired) electrons. The average molecular weight is 600 g/mol. The molecule has 0 atom stereocenters. The summed E-state index contributed by atoms with van der Waals surface area (Å²) in [6.45, 7) is 3.73. The molecule has 4 aromatic rings. The smallest absolute Gasteiger partial charge is 0.335 e. The van der Waals surface area contributed by atoms with Gasteiger partial charge in [0.15, 0.2) is 11.6 Å². The van der Waals surface area contributed by atoms with Gasteiger partial charge in [0, 0.05) is 30.2 Å². The number of nitrogens with one attached hydrogen (secondary N) is 1. The minimum absolute atomic E-state index is 0.00840. The Bertz CT molecular complexity index is 1770. The predicted octanol–water partition coefficient (Wildman–Crippen LogP) is 3.89. The molecule has 0 saturated heterocycles. The summed E-state index contributed by atoms with van der Waals surface area (Å²) in [5.74, 6) is -3.72. The molecule has 11 nitrogen and oxygen atoms in total. The molecular weight excluding hydrogens is 576 g/mol. The Hall–Kier alpha value is -4.88. The molecule has 2 aromatic heterocycles. The van der Waals surface area contributed by atoms with Crippen molar-refractivity contribution in [1.82, 2.24) is 14.1 Å². The molecule has 2 aromatic carbocycles. The molecule has 14 heteroatoms.